The summed E-state index contributed by atoms with van der Waals surface area (Å²) >= 11 is 1.93. The first-order valence-electron chi connectivity index (χ1n) is 3.55. The zero-order valence-corrected chi connectivity index (χ0v) is 9.68. The van der Waals surface area contributed by atoms with Gasteiger partial charge in [-0.05, 0) is 29.5 Å². The van der Waals surface area contributed by atoms with Gasteiger partial charge in [0.2, 0.25) is 5.88 Å². The Morgan fingerprint density at radius 1 is 1.31 bits per heavy atom. The molecule has 0 aliphatic carbocycles. The van der Waals surface area contributed by atoms with Crippen molar-refractivity contribution in [3.8, 4) is 11.6 Å². The lowest BCUT2D eigenvalue weighted by Crippen LogP contribution is -2.01. The summed E-state index contributed by atoms with van der Waals surface area (Å²) in [6.07, 6.45) is 0. The molecule has 3 nitrogen and oxygen atoms in total. The smallest absolute Gasteiger partial charge is 0.231 e. The molecule has 0 unspecified atom stereocenters. The molecule has 0 spiro atoms. The highest BCUT2D eigenvalue weighted by molar-refractivity contribution is 14.1. The average molecular weight is 297 g/mol. The summed E-state index contributed by atoms with van der Waals surface area (Å²) in [6, 6.07) is 0. The molecule has 72 valence electrons. The van der Waals surface area contributed by atoms with E-state index >= 15 is 0 Å². The maximum Gasteiger partial charge on any atom is 0.231 e. The van der Waals surface area contributed by atoms with E-state index < -0.39 is 5.82 Å². The standard InChI is InChI=1S/C8H9FINO2/c1-4-5(9)7(12-2)6(10)8(11-4)13-3/h1-3H3. The Kier molecular flexibility index (Phi) is 3.29. The van der Waals surface area contributed by atoms with Crippen molar-refractivity contribution in [1.82, 2.24) is 4.98 Å². The molecule has 0 saturated heterocycles. The Hall–Kier alpha value is -0.590. The lowest BCUT2D eigenvalue weighted by atomic mass is 10.3. The Bertz CT molecular complexity index is 330. The van der Waals surface area contributed by atoms with E-state index in [9.17, 15) is 4.39 Å². The molecule has 13 heavy (non-hydrogen) atoms. The number of hydrogen-bond donors (Lipinski definition) is 0. The first-order valence-corrected chi connectivity index (χ1v) is 4.63. The summed E-state index contributed by atoms with van der Waals surface area (Å²) in [7, 11) is 2.90. The van der Waals surface area contributed by atoms with Crippen LogP contribution in [-0.2, 0) is 0 Å². The summed E-state index contributed by atoms with van der Waals surface area (Å²) in [5.74, 6) is 0.133. The third kappa shape index (κ3) is 1.84. The van der Waals surface area contributed by atoms with Crippen LogP contribution in [0.4, 0.5) is 4.39 Å². The molecule has 0 bridgehead atoms. The third-order valence-corrected chi connectivity index (χ3v) is 2.52. The minimum absolute atomic E-state index is 0.185. The molecule has 0 saturated carbocycles. The summed E-state index contributed by atoms with van der Waals surface area (Å²) in [5.41, 5.74) is 0.272. The largest absolute Gasteiger partial charge is 0.492 e. The molecule has 0 amide bonds. The number of nitrogens with zero attached hydrogens (tertiary/aromatic N) is 1. The second-order valence-corrected chi connectivity index (χ2v) is 3.45. The van der Waals surface area contributed by atoms with Crippen molar-refractivity contribution < 1.29 is 13.9 Å². The van der Waals surface area contributed by atoms with Gasteiger partial charge < -0.3 is 9.47 Å². The lowest BCUT2D eigenvalue weighted by molar-refractivity contribution is 0.356. The fourth-order valence-corrected chi connectivity index (χ4v) is 1.72. The molecular formula is C8H9FINO2. The molecule has 0 fully saturated rings. The van der Waals surface area contributed by atoms with Crippen LogP contribution >= 0.6 is 22.6 Å². The highest BCUT2D eigenvalue weighted by atomic mass is 127. The zero-order chi connectivity index (χ0) is 10.0. The number of halogens is 2. The van der Waals surface area contributed by atoms with Crippen molar-refractivity contribution in [2.24, 2.45) is 0 Å². The summed E-state index contributed by atoms with van der Waals surface area (Å²) in [5, 5.41) is 0. The molecule has 1 rings (SSSR count). The molecule has 0 aliphatic rings. The van der Waals surface area contributed by atoms with Crippen LogP contribution < -0.4 is 9.47 Å². The van der Waals surface area contributed by atoms with Crippen LogP contribution in [0.2, 0.25) is 0 Å². The Morgan fingerprint density at radius 2 is 1.92 bits per heavy atom. The van der Waals surface area contributed by atoms with Crippen LogP contribution in [0, 0.1) is 16.3 Å². The van der Waals surface area contributed by atoms with Gasteiger partial charge in [0.1, 0.15) is 3.57 Å². The van der Waals surface area contributed by atoms with E-state index in [0.717, 1.165) is 0 Å². The van der Waals surface area contributed by atoms with Crippen LogP contribution in [0.3, 0.4) is 0 Å². The zero-order valence-electron chi connectivity index (χ0n) is 7.52. The van der Waals surface area contributed by atoms with Gasteiger partial charge in [-0.1, -0.05) is 0 Å². The first-order chi connectivity index (χ1) is 6.11. The predicted octanol–water partition coefficient (Wildman–Crippen LogP) is 2.15. The topological polar surface area (TPSA) is 31.4 Å². The summed E-state index contributed by atoms with van der Waals surface area (Å²) < 4.78 is 23.7. The van der Waals surface area contributed by atoms with E-state index in [-0.39, 0.29) is 11.4 Å². The number of ether oxygens (including phenoxy) is 2. The molecule has 1 aromatic rings. The second-order valence-electron chi connectivity index (χ2n) is 2.37. The van der Waals surface area contributed by atoms with Gasteiger partial charge in [0.05, 0.1) is 19.9 Å². The molecular weight excluding hydrogens is 288 g/mol. The quantitative estimate of drug-likeness (QED) is 0.784. The summed E-state index contributed by atoms with van der Waals surface area (Å²) in [4.78, 5) is 3.91. The van der Waals surface area contributed by atoms with E-state index in [1.807, 2.05) is 22.6 Å². The number of methoxy groups -OCH3 is 2. The van der Waals surface area contributed by atoms with Gasteiger partial charge in [-0.15, -0.1) is 0 Å². The van der Waals surface area contributed by atoms with Gasteiger partial charge in [0.15, 0.2) is 11.6 Å². The van der Waals surface area contributed by atoms with Gasteiger partial charge in [-0.3, -0.25) is 0 Å². The van der Waals surface area contributed by atoms with Crippen LogP contribution in [0.15, 0.2) is 0 Å². The Morgan fingerprint density at radius 3 is 2.38 bits per heavy atom. The van der Waals surface area contributed by atoms with E-state index in [4.69, 9.17) is 9.47 Å². The number of aromatic nitrogens is 1. The van der Waals surface area contributed by atoms with Crippen molar-refractivity contribution in [1.29, 1.82) is 0 Å². The van der Waals surface area contributed by atoms with E-state index in [1.54, 1.807) is 6.92 Å². The fourth-order valence-electron chi connectivity index (χ4n) is 0.923. The number of hydrogen-bond acceptors (Lipinski definition) is 3. The lowest BCUT2D eigenvalue weighted by Gasteiger charge is -2.09. The van der Waals surface area contributed by atoms with E-state index in [1.165, 1.54) is 14.2 Å². The Balaban J connectivity index is 3.39. The maximum atomic E-state index is 13.3. The van der Waals surface area contributed by atoms with Gasteiger partial charge in [0, 0.05) is 0 Å². The van der Waals surface area contributed by atoms with Crippen LogP contribution in [-0.4, -0.2) is 19.2 Å². The highest BCUT2D eigenvalue weighted by Crippen LogP contribution is 2.31. The van der Waals surface area contributed by atoms with E-state index in [0.29, 0.717) is 9.45 Å². The minimum Gasteiger partial charge on any atom is -0.492 e. The van der Waals surface area contributed by atoms with Gasteiger partial charge in [-0.25, -0.2) is 9.37 Å². The van der Waals surface area contributed by atoms with Gasteiger partial charge in [-0.2, -0.15) is 0 Å². The minimum atomic E-state index is -0.437. The van der Waals surface area contributed by atoms with Crippen molar-refractivity contribution >= 4 is 22.6 Å². The average Bonchev–Trinajstić information content (AvgIpc) is 2.12. The predicted molar refractivity (Wildman–Crippen MR) is 54.8 cm³/mol. The molecule has 5 heteroatoms. The number of rotatable bonds is 2. The normalized spacial score (nSPS) is 9.92. The van der Waals surface area contributed by atoms with Crippen molar-refractivity contribution in [2.75, 3.05) is 14.2 Å². The molecule has 1 heterocycles. The fraction of sp³-hybridized carbons (Fsp3) is 0.375. The first kappa shape index (κ1) is 10.5. The van der Waals surface area contributed by atoms with Crippen molar-refractivity contribution in [2.45, 2.75) is 6.92 Å². The third-order valence-electron chi connectivity index (χ3n) is 1.57. The SMILES string of the molecule is COc1nc(C)c(F)c(OC)c1I. The molecule has 1 aromatic heterocycles. The second kappa shape index (κ2) is 4.08. The molecule has 0 atom stereocenters. The molecule has 0 aliphatic heterocycles. The van der Waals surface area contributed by atoms with Crippen LogP contribution in [0.5, 0.6) is 11.6 Å². The number of pyridine rings is 1. The van der Waals surface area contributed by atoms with E-state index in [2.05, 4.69) is 4.98 Å². The summed E-state index contributed by atoms with van der Waals surface area (Å²) in [6.45, 7) is 1.57. The van der Waals surface area contributed by atoms with Gasteiger partial charge in [0.25, 0.3) is 0 Å². The van der Waals surface area contributed by atoms with Crippen molar-refractivity contribution in [3.05, 3.63) is 15.1 Å². The number of aryl methyl sites for hydroxylation is 1. The van der Waals surface area contributed by atoms with Crippen molar-refractivity contribution in [3.63, 3.8) is 0 Å². The molecule has 0 radical (unpaired) electrons. The van der Waals surface area contributed by atoms with Crippen LogP contribution in [0.1, 0.15) is 5.69 Å². The highest BCUT2D eigenvalue weighted by Gasteiger charge is 2.16. The molecule has 0 aromatic carbocycles. The maximum absolute atomic E-state index is 13.3. The van der Waals surface area contributed by atoms with Crippen LogP contribution in [0.25, 0.3) is 0 Å². The Labute approximate surface area is 89.4 Å². The molecule has 0 N–H and O–H groups in total. The monoisotopic (exact) mass is 297 g/mol. The van der Waals surface area contributed by atoms with Gasteiger partial charge >= 0.3 is 0 Å².